The molecule has 3 aromatic rings. The minimum atomic E-state index is -3.77. The van der Waals surface area contributed by atoms with Crippen LogP contribution in [0.15, 0.2) is 71.6 Å². The van der Waals surface area contributed by atoms with Crippen molar-refractivity contribution in [2.75, 3.05) is 32.1 Å². The second-order valence-corrected chi connectivity index (χ2v) is 9.28. The zero-order valence-corrected chi connectivity index (χ0v) is 20.3. The molecule has 0 heterocycles. The first-order chi connectivity index (χ1) is 16.3. The molecule has 0 aliphatic carbocycles. The molecule has 0 aromatic heterocycles. The summed E-state index contributed by atoms with van der Waals surface area (Å²) >= 11 is 5.82. The van der Waals surface area contributed by atoms with Gasteiger partial charge in [-0.15, -0.1) is 0 Å². The molecule has 0 unspecified atom stereocenters. The van der Waals surface area contributed by atoms with Gasteiger partial charge in [-0.3, -0.25) is 9.52 Å². The van der Waals surface area contributed by atoms with E-state index in [0.29, 0.717) is 40.9 Å². The number of carbonyl (C=O) groups excluding carboxylic acids is 1. The molecule has 8 nitrogen and oxygen atoms in total. The van der Waals surface area contributed by atoms with Crippen molar-refractivity contribution >= 4 is 33.2 Å². The number of carbonyl (C=O) groups is 1. The third-order valence-electron chi connectivity index (χ3n) is 4.78. The van der Waals surface area contributed by atoms with Crippen LogP contribution in [0.5, 0.6) is 17.2 Å². The number of methoxy groups -OCH3 is 2. The fraction of sp³-hybridized carbons (Fsp3) is 0.208. The average Bonchev–Trinajstić information content (AvgIpc) is 2.84. The number of amides is 1. The predicted molar refractivity (Wildman–Crippen MR) is 130 cm³/mol. The zero-order valence-electron chi connectivity index (χ0n) is 18.7. The van der Waals surface area contributed by atoms with Crippen LogP contribution in [0.4, 0.5) is 5.69 Å². The number of ether oxygens (including phenoxy) is 3. The second-order valence-electron chi connectivity index (χ2n) is 7.16. The molecule has 0 radical (unpaired) electrons. The monoisotopic (exact) mass is 504 g/mol. The van der Waals surface area contributed by atoms with E-state index in [1.165, 1.54) is 24.3 Å². The van der Waals surface area contributed by atoms with Crippen molar-refractivity contribution in [3.8, 4) is 17.2 Å². The van der Waals surface area contributed by atoms with Gasteiger partial charge in [0.2, 0.25) is 0 Å². The van der Waals surface area contributed by atoms with Gasteiger partial charge in [-0.1, -0.05) is 17.7 Å². The molecule has 3 aromatic carbocycles. The highest BCUT2D eigenvalue weighted by molar-refractivity contribution is 7.92. The molecule has 0 atom stereocenters. The van der Waals surface area contributed by atoms with Gasteiger partial charge in [-0.2, -0.15) is 0 Å². The van der Waals surface area contributed by atoms with Gasteiger partial charge in [-0.25, -0.2) is 8.42 Å². The number of hydrogen-bond acceptors (Lipinski definition) is 6. The highest BCUT2D eigenvalue weighted by Gasteiger charge is 2.14. The van der Waals surface area contributed by atoms with Gasteiger partial charge in [0.15, 0.2) is 18.1 Å². The maximum atomic E-state index is 12.5. The lowest BCUT2D eigenvalue weighted by atomic mass is 10.1. The Morgan fingerprint density at radius 3 is 2.24 bits per heavy atom. The summed E-state index contributed by atoms with van der Waals surface area (Å²) in [6.45, 7) is 0.228. The minimum absolute atomic E-state index is 0.0640. The van der Waals surface area contributed by atoms with E-state index >= 15 is 0 Å². The van der Waals surface area contributed by atoms with Crippen molar-refractivity contribution in [2.45, 2.75) is 11.3 Å². The Kier molecular flexibility index (Phi) is 8.61. The smallest absolute Gasteiger partial charge is 0.261 e. The summed E-state index contributed by atoms with van der Waals surface area (Å²) in [5.41, 5.74) is 1.39. The van der Waals surface area contributed by atoms with Crippen LogP contribution in [-0.4, -0.2) is 41.7 Å². The summed E-state index contributed by atoms with van der Waals surface area (Å²) in [6, 6.07) is 17.7. The SMILES string of the molecule is COc1ccc(CCNC(=O)COc2ccc(S(=O)(=O)Nc3ccc(Cl)cc3)cc2)cc1OC. The molecule has 0 aliphatic rings. The van der Waals surface area contributed by atoms with Gasteiger partial charge in [0, 0.05) is 17.3 Å². The summed E-state index contributed by atoms with van der Waals surface area (Å²) in [5, 5.41) is 3.29. The number of nitrogens with one attached hydrogen (secondary N) is 2. The van der Waals surface area contributed by atoms with E-state index in [4.69, 9.17) is 25.8 Å². The number of hydrogen-bond donors (Lipinski definition) is 2. The third kappa shape index (κ3) is 7.03. The van der Waals surface area contributed by atoms with Crippen LogP contribution in [0.3, 0.4) is 0 Å². The highest BCUT2D eigenvalue weighted by atomic mass is 35.5. The Labute approximate surface area is 203 Å². The Morgan fingerprint density at radius 2 is 1.59 bits per heavy atom. The number of anilines is 1. The molecule has 0 saturated heterocycles. The van der Waals surface area contributed by atoms with Crippen LogP contribution in [-0.2, 0) is 21.2 Å². The van der Waals surface area contributed by atoms with Crippen LogP contribution in [0, 0.1) is 0 Å². The molecule has 34 heavy (non-hydrogen) atoms. The van der Waals surface area contributed by atoms with E-state index in [2.05, 4.69) is 10.0 Å². The summed E-state index contributed by atoms with van der Waals surface area (Å²) in [5.74, 6) is 1.36. The van der Waals surface area contributed by atoms with Crippen molar-refractivity contribution in [3.63, 3.8) is 0 Å². The molecule has 1 amide bonds. The predicted octanol–water partition coefficient (Wildman–Crippen LogP) is 3.90. The van der Waals surface area contributed by atoms with E-state index in [1.54, 1.807) is 38.5 Å². The maximum absolute atomic E-state index is 12.5. The molecular formula is C24H25ClN2O6S. The molecule has 10 heteroatoms. The number of sulfonamides is 1. The van der Waals surface area contributed by atoms with E-state index in [1.807, 2.05) is 18.2 Å². The highest BCUT2D eigenvalue weighted by Crippen LogP contribution is 2.27. The first-order valence-electron chi connectivity index (χ1n) is 10.3. The third-order valence-corrected chi connectivity index (χ3v) is 6.43. The topological polar surface area (TPSA) is 103 Å². The van der Waals surface area contributed by atoms with Crippen LogP contribution >= 0.6 is 11.6 Å². The number of benzene rings is 3. The molecule has 0 fully saturated rings. The van der Waals surface area contributed by atoms with Crippen molar-refractivity contribution < 1.29 is 27.4 Å². The lowest BCUT2D eigenvalue weighted by Gasteiger charge is -2.11. The summed E-state index contributed by atoms with van der Waals surface area (Å²) in [6.07, 6.45) is 0.610. The van der Waals surface area contributed by atoms with Crippen LogP contribution in [0.2, 0.25) is 5.02 Å². The molecule has 0 spiro atoms. The average molecular weight is 505 g/mol. The molecule has 0 saturated carbocycles. The van der Waals surface area contributed by atoms with Gasteiger partial charge >= 0.3 is 0 Å². The minimum Gasteiger partial charge on any atom is -0.493 e. The van der Waals surface area contributed by atoms with Gasteiger partial charge < -0.3 is 19.5 Å². The van der Waals surface area contributed by atoms with Crippen molar-refractivity contribution in [1.29, 1.82) is 0 Å². The number of rotatable bonds is 11. The van der Waals surface area contributed by atoms with Crippen molar-refractivity contribution in [2.24, 2.45) is 0 Å². The van der Waals surface area contributed by atoms with Crippen LogP contribution in [0.25, 0.3) is 0 Å². The number of halogens is 1. The molecular weight excluding hydrogens is 480 g/mol. The molecule has 0 bridgehead atoms. The van der Waals surface area contributed by atoms with Gasteiger partial charge in [0.25, 0.3) is 15.9 Å². The standard InChI is InChI=1S/C24H25ClN2O6S/c1-31-22-12-3-17(15-23(22)32-2)13-14-26-24(28)16-33-20-8-10-21(11-9-20)34(29,30)27-19-6-4-18(25)5-7-19/h3-12,15,27H,13-14,16H2,1-2H3,(H,26,28). The lowest BCUT2D eigenvalue weighted by Crippen LogP contribution is -2.30. The first-order valence-corrected chi connectivity index (χ1v) is 12.2. The van der Waals surface area contributed by atoms with E-state index in [9.17, 15) is 13.2 Å². The summed E-state index contributed by atoms with van der Waals surface area (Å²) in [4.78, 5) is 12.2. The summed E-state index contributed by atoms with van der Waals surface area (Å²) < 4.78 is 43.4. The van der Waals surface area contributed by atoms with Gasteiger partial charge in [0.1, 0.15) is 5.75 Å². The largest absolute Gasteiger partial charge is 0.493 e. The Bertz CT molecular complexity index is 1220. The first kappa shape index (κ1) is 25.2. The summed E-state index contributed by atoms with van der Waals surface area (Å²) in [7, 11) is -0.627. The lowest BCUT2D eigenvalue weighted by molar-refractivity contribution is -0.123. The van der Waals surface area contributed by atoms with E-state index < -0.39 is 10.0 Å². The maximum Gasteiger partial charge on any atom is 0.261 e. The molecule has 0 aliphatic heterocycles. The van der Waals surface area contributed by atoms with E-state index in [-0.39, 0.29) is 17.4 Å². The molecule has 180 valence electrons. The Morgan fingerprint density at radius 1 is 0.912 bits per heavy atom. The van der Waals surface area contributed by atoms with Crippen molar-refractivity contribution in [1.82, 2.24) is 5.32 Å². The Balaban J connectivity index is 1.46. The van der Waals surface area contributed by atoms with Crippen LogP contribution in [0.1, 0.15) is 5.56 Å². The fourth-order valence-electron chi connectivity index (χ4n) is 3.03. The van der Waals surface area contributed by atoms with Gasteiger partial charge in [-0.05, 0) is 72.6 Å². The van der Waals surface area contributed by atoms with Crippen molar-refractivity contribution in [3.05, 3.63) is 77.3 Å². The quantitative estimate of drug-likeness (QED) is 0.410. The molecule has 3 rings (SSSR count). The van der Waals surface area contributed by atoms with Gasteiger partial charge in [0.05, 0.1) is 19.1 Å². The zero-order chi connectivity index (χ0) is 24.6. The van der Waals surface area contributed by atoms with E-state index in [0.717, 1.165) is 5.56 Å². The fourth-order valence-corrected chi connectivity index (χ4v) is 4.21. The van der Waals surface area contributed by atoms with Crippen LogP contribution < -0.4 is 24.2 Å². The normalized spacial score (nSPS) is 10.9. The second kappa shape index (κ2) is 11.6. The Hall–Kier alpha value is -3.43. The molecule has 2 N–H and O–H groups in total.